The van der Waals surface area contributed by atoms with Crippen molar-refractivity contribution < 1.29 is 9.59 Å². The molecule has 31 heavy (non-hydrogen) atoms. The van der Waals surface area contributed by atoms with E-state index in [0.29, 0.717) is 5.69 Å². The van der Waals surface area contributed by atoms with E-state index in [1.54, 1.807) is 6.92 Å². The van der Waals surface area contributed by atoms with Crippen molar-refractivity contribution in [1.82, 2.24) is 10.2 Å². The van der Waals surface area contributed by atoms with Gasteiger partial charge in [-0.15, -0.1) is 0 Å². The van der Waals surface area contributed by atoms with Gasteiger partial charge in [-0.3, -0.25) is 4.79 Å². The van der Waals surface area contributed by atoms with Gasteiger partial charge >= 0.3 is 6.03 Å². The molecule has 2 N–H and O–H groups in total. The third-order valence-corrected chi connectivity index (χ3v) is 4.84. The van der Waals surface area contributed by atoms with E-state index in [-0.39, 0.29) is 13.0 Å². The van der Waals surface area contributed by atoms with Crippen molar-refractivity contribution in [3.8, 4) is 17.3 Å². The molecule has 0 fully saturated rings. The van der Waals surface area contributed by atoms with Crippen molar-refractivity contribution in [2.45, 2.75) is 19.4 Å². The van der Waals surface area contributed by atoms with Gasteiger partial charge in [0, 0.05) is 18.7 Å². The Morgan fingerprint density at radius 1 is 0.903 bits per heavy atom. The molecule has 0 saturated carbocycles. The average molecular weight is 412 g/mol. The van der Waals surface area contributed by atoms with Gasteiger partial charge < -0.3 is 10.6 Å². The summed E-state index contributed by atoms with van der Waals surface area (Å²) in [5.74, 6) is -0.441. The predicted octanol–water partition coefficient (Wildman–Crippen LogP) is 4.42. The summed E-state index contributed by atoms with van der Waals surface area (Å²) in [7, 11) is 0. The Hall–Kier alpha value is -4.11. The first-order valence-corrected chi connectivity index (χ1v) is 10.1. The van der Waals surface area contributed by atoms with Crippen LogP contribution in [-0.2, 0) is 11.2 Å². The first kappa shape index (κ1) is 21.6. The number of nitrogens with one attached hydrogen (secondary N) is 2. The number of likely N-dealkylation sites (N-methyl/N-ethyl adjacent to an activating group) is 1. The van der Waals surface area contributed by atoms with E-state index in [4.69, 9.17) is 0 Å². The van der Waals surface area contributed by atoms with Crippen LogP contribution in [-0.4, -0.2) is 29.4 Å². The molecule has 0 aliphatic carbocycles. The number of carbonyl (C=O) groups is 2. The lowest BCUT2D eigenvalue weighted by Crippen LogP contribution is -2.49. The van der Waals surface area contributed by atoms with Gasteiger partial charge in [0.25, 0.3) is 5.91 Å². The van der Waals surface area contributed by atoms with Crippen LogP contribution in [0.3, 0.4) is 0 Å². The normalized spacial score (nSPS) is 11.1. The number of nitrogens with zero attached hydrogens (tertiary/aromatic N) is 2. The van der Waals surface area contributed by atoms with Crippen molar-refractivity contribution in [2.75, 3.05) is 11.9 Å². The molecule has 156 valence electrons. The molecular formula is C25H24N4O2. The molecule has 0 aliphatic rings. The fraction of sp³-hybridized carbons (Fsp3) is 0.160. The zero-order valence-corrected chi connectivity index (χ0v) is 17.3. The summed E-state index contributed by atoms with van der Waals surface area (Å²) in [6.45, 7) is 1.96. The summed E-state index contributed by atoms with van der Waals surface area (Å²) in [5.41, 5.74) is 3.62. The van der Waals surface area contributed by atoms with E-state index in [9.17, 15) is 14.9 Å². The van der Waals surface area contributed by atoms with E-state index >= 15 is 0 Å². The molecule has 1 unspecified atom stereocenters. The van der Waals surface area contributed by atoms with E-state index in [1.165, 1.54) is 0 Å². The molecule has 1 atom stereocenters. The maximum absolute atomic E-state index is 12.8. The zero-order chi connectivity index (χ0) is 22.1. The van der Waals surface area contributed by atoms with Gasteiger partial charge in [0.2, 0.25) is 0 Å². The molecule has 0 heterocycles. The minimum atomic E-state index is -0.856. The Morgan fingerprint density at radius 3 is 2.06 bits per heavy atom. The van der Waals surface area contributed by atoms with Crippen molar-refractivity contribution in [3.63, 3.8) is 0 Å². The Balaban J connectivity index is 1.69. The standard InChI is InChI=1S/C25H24N4O2/c1-2-29(18-26)24(30)23(17-19-9-5-3-6-10-19)28-25(31)27-22-15-13-21(14-16-22)20-11-7-4-8-12-20/h3-16,23H,2,17H2,1H3,(H2,27,28,31). The highest BCUT2D eigenvalue weighted by molar-refractivity contribution is 5.94. The molecule has 6 nitrogen and oxygen atoms in total. The number of amides is 3. The second-order valence-electron chi connectivity index (χ2n) is 6.97. The minimum Gasteiger partial charge on any atom is -0.326 e. The van der Waals surface area contributed by atoms with Gasteiger partial charge in [-0.25, -0.2) is 9.69 Å². The first-order valence-electron chi connectivity index (χ1n) is 10.1. The Kier molecular flexibility index (Phi) is 7.39. The van der Waals surface area contributed by atoms with E-state index < -0.39 is 18.0 Å². The number of nitriles is 1. The van der Waals surface area contributed by atoms with Gasteiger partial charge in [0.05, 0.1) is 0 Å². The topological polar surface area (TPSA) is 85.2 Å². The summed E-state index contributed by atoms with van der Waals surface area (Å²) in [4.78, 5) is 26.4. The molecule has 0 bridgehead atoms. The number of hydrogen-bond donors (Lipinski definition) is 2. The van der Waals surface area contributed by atoms with Gasteiger partial charge in [0.15, 0.2) is 6.19 Å². The fourth-order valence-corrected chi connectivity index (χ4v) is 3.22. The van der Waals surface area contributed by atoms with Crippen LogP contribution in [0.15, 0.2) is 84.9 Å². The third-order valence-electron chi connectivity index (χ3n) is 4.84. The first-order chi connectivity index (χ1) is 15.1. The average Bonchev–Trinajstić information content (AvgIpc) is 2.81. The highest BCUT2D eigenvalue weighted by Crippen LogP contribution is 2.21. The quantitative estimate of drug-likeness (QED) is 0.445. The van der Waals surface area contributed by atoms with Crippen LogP contribution in [0.1, 0.15) is 12.5 Å². The predicted molar refractivity (Wildman–Crippen MR) is 121 cm³/mol. The summed E-state index contributed by atoms with van der Waals surface area (Å²) in [5, 5.41) is 14.7. The Bertz CT molecular complexity index is 1040. The highest BCUT2D eigenvalue weighted by atomic mass is 16.2. The van der Waals surface area contributed by atoms with Crippen LogP contribution in [0.4, 0.5) is 10.5 Å². The van der Waals surface area contributed by atoms with E-state index in [2.05, 4.69) is 10.6 Å². The Morgan fingerprint density at radius 2 is 1.48 bits per heavy atom. The number of rotatable bonds is 7. The molecular weight excluding hydrogens is 388 g/mol. The van der Waals surface area contributed by atoms with Crippen molar-refractivity contribution >= 4 is 17.6 Å². The van der Waals surface area contributed by atoms with Crippen LogP contribution in [0, 0.1) is 11.5 Å². The molecule has 0 radical (unpaired) electrons. The monoisotopic (exact) mass is 412 g/mol. The van der Waals surface area contributed by atoms with Gasteiger partial charge in [-0.1, -0.05) is 72.8 Å². The molecule has 6 heteroatoms. The van der Waals surface area contributed by atoms with Crippen LogP contribution in [0.2, 0.25) is 0 Å². The van der Waals surface area contributed by atoms with Gasteiger partial charge in [-0.2, -0.15) is 5.26 Å². The lowest BCUT2D eigenvalue weighted by atomic mass is 10.0. The number of urea groups is 1. The third kappa shape index (κ3) is 5.94. The number of hydrogen-bond acceptors (Lipinski definition) is 3. The largest absolute Gasteiger partial charge is 0.326 e. The molecule has 3 aromatic rings. The highest BCUT2D eigenvalue weighted by Gasteiger charge is 2.25. The van der Waals surface area contributed by atoms with E-state index in [1.807, 2.05) is 91.1 Å². The molecule has 0 aliphatic heterocycles. The Labute approximate surface area is 182 Å². The summed E-state index contributed by atoms with van der Waals surface area (Å²) < 4.78 is 0. The van der Waals surface area contributed by atoms with Gasteiger partial charge in [0.1, 0.15) is 6.04 Å². The zero-order valence-electron chi connectivity index (χ0n) is 17.3. The molecule has 3 aromatic carbocycles. The molecule has 0 saturated heterocycles. The second-order valence-corrected chi connectivity index (χ2v) is 6.97. The van der Waals surface area contributed by atoms with Crippen LogP contribution in [0.25, 0.3) is 11.1 Å². The van der Waals surface area contributed by atoms with Crippen molar-refractivity contribution in [2.24, 2.45) is 0 Å². The number of carbonyl (C=O) groups excluding carboxylic acids is 2. The molecule has 0 aromatic heterocycles. The van der Waals surface area contributed by atoms with E-state index in [0.717, 1.165) is 21.6 Å². The molecule has 0 spiro atoms. The summed E-state index contributed by atoms with van der Waals surface area (Å²) in [6, 6.07) is 25.4. The number of anilines is 1. The summed E-state index contributed by atoms with van der Waals surface area (Å²) >= 11 is 0. The maximum Gasteiger partial charge on any atom is 0.319 e. The van der Waals surface area contributed by atoms with Crippen molar-refractivity contribution in [1.29, 1.82) is 5.26 Å². The molecule has 3 amide bonds. The lowest BCUT2D eigenvalue weighted by Gasteiger charge is -2.22. The van der Waals surface area contributed by atoms with Crippen LogP contribution < -0.4 is 10.6 Å². The molecule has 3 rings (SSSR count). The summed E-state index contributed by atoms with van der Waals surface area (Å²) in [6.07, 6.45) is 2.16. The van der Waals surface area contributed by atoms with Crippen LogP contribution in [0.5, 0.6) is 0 Å². The smallest absolute Gasteiger partial charge is 0.319 e. The van der Waals surface area contributed by atoms with Gasteiger partial charge in [-0.05, 0) is 35.7 Å². The fourth-order valence-electron chi connectivity index (χ4n) is 3.22. The minimum absolute atomic E-state index is 0.241. The van der Waals surface area contributed by atoms with Crippen LogP contribution >= 0.6 is 0 Å². The maximum atomic E-state index is 12.8. The van der Waals surface area contributed by atoms with Crippen molar-refractivity contribution in [3.05, 3.63) is 90.5 Å². The SMILES string of the molecule is CCN(C#N)C(=O)C(Cc1ccccc1)NC(=O)Nc1ccc(-c2ccccc2)cc1. The lowest BCUT2D eigenvalue weighted by molar-refractivity contribution is -0.129. The second kappa shape index (κ2) is 10.6. The number of benzene rings is 3.